The molecule has 0 fully saturated rings. The van der Waals surface area contributed by atoms with Crippen LogP contribution in [0.25, 0.3) is 0 Å². The van der Waals surface area contributed by atoms with Gasteiger partial charge in [0.2, 0.25) is 5.91 Å². The molecule has 1 aromatic heterocycles. The zero-order valence-corrected chi connectivity index (χ0v) is 19.3. The highest BCUT2D eigenvalue weighted by Crippen LogP contribution is 2.31. The monoisotopic (exact) mass is 448 g/mol. The van der Waals surface area contributed by atoms with E-state index in [1.165, 1.54) is 6.20 Å². The lowest BCUT2D eigenvalue weighted by Gasteiger charge is -2.30. The van der Waals surface area contributed by atoms with Gasteiger partial charge < -0.3 is 15.2 Å². The number of nitrogens with one attached hydrogen (secondary N) is 2. The highest BCUT2D eigenvalue weighted by Gasteiger charge is 2.43. The number of hydrogen-bond donors (Lipinski definition) is 3. The number of rotatable bonds is 8. The highest BCUT2D eigenvalue weighted by atomic mass is 16.6. The summed E-state index contributed by atoms with van der Waals surface area (Å²) in [6, 6.07) is 0.579. The number of nitrogens with zero attached hydrogens (tertiary/aromatic N) is 2. The molecule has 176 valence electrons. The van der Waals surface area contributed by atoms with Crippen molar-refractivity contribution in [1.82, 2.24) is 15.6 Å². The van der Waals surface area contributed by atoms with E-state index in [2.05, 4.69) is 15.6 Å². The van der Waals surface area contributed by atoms with E-state index >= 15 is 0 Å². The van der Waals surface area contributed by atoms with Gasteiger partial charge in [0.25, 0.3) is 5.91 Å². The van der Waals surface area contributed by atoms with Crippen molar-refractivity contribution < 1.29 is 29.0 Å². The summed E-state index contributed by atoms with van der Waals surface area (Å²) < 4.78 is 5.20. The number of hydrogen-bond acceptors (Lipinski definition) is 7. The Balaban J connectivity index is 2.11. The SMILES string of the molecule is CC(C)[C@H](NC(=O)[C@H](C)NCC(=O)OC(C)(C)C)C(=O)N1c2ncccc2CC1C(=O)O. The second-order valence-corrected chi connectivity index (χ2v) is 9.17. The van der Waals surface area contributed by atoms with Gasteiger partial charge in [0.05, 0.1) is 12.6 Å². The molecule has 32 heavy (non-hydrogen) atoms. The van der Waals surface area contributed by atoms with E-state index in [0.29, 0.717) is 11.4 Å². The smallest absolute Gasteiger partial charge is 0.327 e. The molecular weight excluding hydrogens is 416 g/mol. The minimum Gasteiger partial charge on any atom is -0.480 e. The van der Waals surface area contributed by atoms with E-state index in [4.69, 9.17) is 4.74 Å². The van der Waals surface area contributed by atoms with Gasteiger partial charge in [-0.2, -0.15) is 0 Å². The predicted octanol–water partition coefficient (Wildman–Crippen LogP) is 0.885. The Morgan fingerprint density at radius 2 is 1.91 bits per heavy atom. The first kappa shape index (κ1) is 25.3. The molecule has 0 saturated heterocycles. The lowest BCUT2D eigenvalue weighted by Crippen LogP contribution is -2.57. The first-order valence-electron chi connectivity index (χ1n) is 10.6. The summed E-state index contributed by atoms with van der Waals surface area (Å²) in [6.07, 6.45) is 1.64. The number of amides is 2. The molecule has 0 bridgehead atoms. The Hall–Kier alpha value is -3.01. The lowest BCUT2D eigenvalue weighted by atomic mass is 10.0. The first-order valence-corrected chi connectivity index (χ1v) is 10.6. The van der Waals surface area contributed by atoms with Crippen LogP contribution >= 0.6 is 0 Å². The van der Waals surface area contributed by atoms with E-state index in [1.807, 2.05) is 0 Å². The van der Waals surface area contributed by atoms with E-state index in [1.54, 1.807) is 53.7 Å². The van der Waals surface area contributed by atoms with Gasteiger partial charge in [-0.15, -0.1) is 0 Å². The molecule has 2 rings (SSSR count). The third-order valence-electron chi connectivity index (χ3n) is 4.94. The topological polar surface area (TPSA) is 138 Å². The van der Waals surface area contributed by atoms with Crippen molar-refractivity contribution in [1.29, 1.82) is 0 Å². The molecule has 10 heteroatoms. The van der Waals surface area contributed by atoms with Gasteiger partial charge >= 0.3 is 11.9 Å². The average molecular weight is 449 g/mol. The van der Waals surface area contributed by atoms with Crippen LogP contribution in [0.4, 0.5) is 5.82 Å². The van der Waals surface area contributed by atoms with Gasteiger partial charge in [-0.25, -0.2) is 9.78 Å². The fourth-order valence-corrected chi connectivity index (χ4v) is 3.36. The maximum atomic E-state index is 13.4. The Morgan fingerprint density at radius 1 is 1.25 bits per heavy atom. The highest BCUT2D eigenvalue weighted by molar-refractivity contribution is 6.05. The van der Waals surface area contributed by atoms with Crippen molar-refractivity contribution in [3.05, 3.63) is 23.9 Å². The summed E-state index contributed by atoms with van der Waals surface area (Å²) in [7, 11) is 0. The molecule has 2 amide bonds. The fourth-order valence-electron chi connectivity index (χ4n) is 3.36. The standard InChI is InChI=1S/C22H32N4O6/c1-12(2)17(25-19(28)13(3)24-11-16(27)32-22(4,5)6)20(29)26-15(21(30)31)10-14-8-7-9-23-18(14)26/h7-9,12-13,15,17,24H,10-11H2,1-6H3,(H,25,28)(H,30,31)/t13-,15?,17-/m0/s1. The van der Waals surface area contributed by atoms with Gasteiger partial charge in [-0.3, -0.25) is 24.6 Å². The van der Waals surface area contributed by atoms with Crippen molar-refractivity contribution in [2.45, 2.75) is 71.7 Å². The predicted molar refractivity (Wildman–Crippen MR) is 117 cm³/mol. The molecule has 3 atom stereocenters. The third kappa shape index (κ3) is 6.25. The largest absolute Gasteiger partial charge is 0.480 e. The van der Waals surface area contributed by atoms with Gasteiger partial charge in [-0.1, -0.05) is 19.9 Å². The summed E-state index contributed by atoms with van der Waals surface area (Å²) in [5.74, 6) is -2.70. The van der Waals surface area contributed by atoms with Crippen LogP contribution in [-0.2, 0) is 30.3 Å². The number of esters is 1. The zero-order valence-electron chi connectivity index (χ0n) is 19.3. The number of carboxylic acids is 1. The van der Waals surface area contributed by atoms with Crippen LogP contribution in [-0.4, -0.2) is 64.1 Å². The Bertz CT molecular complexity index is 879. The van der Waals surface area contributed by atoms with Crippen molar-refractivity contribution in [3.63, 3.8) is 0 Å². The minimum atomic E-state index is -1.14. The Kier molecular flexibility index (Phi) is 7.95. The fraction of sp³-hybridized carbons (Fsp3) is 0.591. The molecule has 1 aromatic rings. The van der Waals surface area contributed by atoms with Crippen molar-refractivity contribution >= 4 is 29.6 Å². The number of carbonyl (C=O) groups excluding carboxylic acids is 3. The van der Waals surface area contributed by atoms with Crippen LogP contribution < -0.4 is 15.5 Å². The average Bonchev–Trinajstić information content (AvgIpc) is 3.08. The molecule has 0 radical (unpaired) electrons. The number of carboxylic acid groups (broad SMARTS) is 1. The van der Waals surface area contributed by atoms with E-state index in [-0.39, 0.29) is 18.9 Å². The second kappa shape index (κ2) is 10.1. The van der Waals surface area contributed by atoms with Crippen LogP contribution in [0.1, 0.15) is 47.1 Å². The van der Waals surface area contributed by atoms with Crippen molar-refractivity contribution in [2.75, 3.05) is 11.4 Å². The molecule has 0 saturated carbocycles. The molecular formula is C22H32N4O6. The molecule has 2 heterocycles. The number of fused-ring (bicyclic) bond motifs is 1. The summed E-state index contributed by atoms with van der Waals surface area (Å²) in [4.78, 5) is 55.1. The minimum absolute atomic E-state index is 0.150. The van der Waals surface area contributed by atoms with E-state index in [0.717, 1.165) is 4.90 Å². The quantitative estimate of drug-likeness (QED) is 0.499. The van der Waals surface area contributed by atoms with Gasteiger partial charge in [-0.05, 0) is 45.2 Å². The van der Waals surface area contributed by atoms with Gasteiger partial charge in [0, 0.05) is 12.6 Å². The summed E-state index contributed by atoms with van der Waals surface area (Å²) in [5.41, 5.74) is 0.0228. The molecule has 0 aliphatic carbocycles. The van der Waals surface area contributed by atoms with Crippen molar-refractivity contribution in [2.24, 2.45) is 5.92 Å². The van der Waals surface area contributed by atoms with Crippen LogP contribution in [0.2, 0.25) is 0 Å². The molecule has 3 N–H and O–H groups in total. The molecule has 10 nitrogen and oxygen atoms in total. The third-order valence-corrected chi connectivity index (χ3v) is 4.94. The zero-order chi connectivity index (χ0) is 24.2. The van der Waals surface area contributed by atoms with Crippen molar-refractivity contribution in [3.8, 4) is 0 Å². The van der Waals surface area contributed by atoms with E-state index < -0.39 is 47.5 Å². The number of anilines is 1. The second-order valence-electron chi connectivity index (χ2n) is 9.17. The molecule has 0 aromatic carbocycles. The van der Waals surface area contributed by atoms with Crippen LogP contribution in [0, 0.1) is 5.92 Å². The normalized spacial score (nSPS) is 17.5. The molecule has 1 aliphatic heterocycles. The lowest BCUT2D eigenvalue weighted by molar-refractivity contribution is -0.153. The number of carbonyl (C=O) groups is 4. The Morgan fingerprint density at radius 3 is 2.47 bits per heavy atom. The summed E-state index contributed by atoms with van der Waals surface area (Å²) >= 11 is 0. The first-order chi connectivity index (χ1) is 14.8. The Labute approximate surface area is 187 Å². The number of ether oxygens (including phenoxy) is 1. The van der Waals surface area contributed by atoms with Gasteiger partial charge in [0.15, 0.2) is 0 Å². The van der Waals surface area contributed by atoms with Crippen LogP contribution in [0.5, 0.6) is 0 Å². The molecule has 1 unspecified atom stereocenters. The molecule has 0 spiro atoms. The van der Waals surface area contributed by atoms with Gasteiger partial charge in [0.1, 0.15) is 23.5 Å². The number of aliphatic carboxylic acids is 1. The van der Waals surface area contributed by atoms with E-state index in [9.17, 15) is 24.3 Å². The summed E-state index contributed by atoms with van der Waals surface area (Å²) in [6.45, 7) is 10.1. The number of aromatic nitrogens is 1. The summed E-state index contributed by atoms with van der Waals surface area (Å²) in [5, 5.41) is 15.1. The maximum absolute atomic E-state index is 13.4. The molecule has 1 aliphatic rings. The maximum Gasteiger partial charge on any atom is 0.327 e. The van der Waals surface area contributed by atoms with Crippen LogP contribution in [0.15, 0.2) is 18.3 Å². The number of pyridine rings is 1. The van der Waals surface area contributed by atoms with Crippen LogP contribution in [0.3, 0.4) is 0 Å².